The van der Waals surface area contributed by atoms with Gasteiger partial charge in [-0.05, 0) is 19.1 Å². The molecular weight excluding hydrogens is 268 g/mol. The predicted octanol–water partition coefficient (Wildman–Crippen LogP) is 2.21. The molecule has 0 saturated carbocycles. The third-order valence-electron chi connectivity index (χ3n) is 2.19. The van der Waals surface area contributed by atoms with Crippen LogP contribution in [0.1, 0.15) is 13.8 Å². The molecule has 102 valence electrons. The number of carbonyl (C=O) groups is 2. The van der Waals surface area contributed by atoms with Crippen molar-refractivity contribution in [1.82, 2.24) is 4.98 Å². The van der Waals surface area contributed by atoms with E-state index in [2.05, 4.69) is 4.98 Å². The number of amides is 1. The number of rotatable bonds is 5. The fourth-order valence-electron chi connectivity index (χ4n) is 1.38. The van der Waals surface area contributed by atoms with Gasteiger partial charge in [-0.1, -0.05) is 23.7 Å². The maximum Gasteiger partial charge on any atom is 0.330 e. The Hall–Kier alpha value is -1.88. The van der Waals surface area contributed by atoms with Gasteiger partial charge in [0, 0.05) is 19.5 Å². The number of pyridine rings is 1. The third-order valence-corrected chi connectivity index (χ3v) is 2.40. The number of esters is 1. The number of nitrogens with zero attached hydrogens (tertiary/aromatic N) is 2. The van der Waals surface area contributed by atoms with Crippen LogP contribution in [0.5, 0.6) is 0 Å². The van der Waals surface area contributed by atoms with Crippen molar-refractivity contribution in [3.8, 4) is 0 Å². The summed E-state index contributed by atoms with van der Waals surface area (Å²) in [5, 5.41) is 0.304. The maximum atomic E-state index is 11.5. The second-order valence-electron chi connectivity index (χ2n) is 3.60. The lowest BCUT2D eigenvalue weighted by Crippen LogP contribution is -2.29. The van der Waals surface area contributed by atoms with Crippen LogP contribution in [0.3, 0.4) is 0 Å². The van der Waals surface area contributed by atoms with Crippen LogP contribution in [0.4, 0.5) is 5.82 Å². The van der Waals surface area contributed by atoms with Crippen molar-refractivity contribution in [3.63, 3.8) is 0 Å². The van der Waals surface area contributed by atoms with E-state index in [4.69, 9.17) is 16.3 Å². The van der Waals surface area contributed by atoms with Gasteiger partial charge >= 0.3 is 5.97 Å². The summed E-state index contributed by atoms with van der Waals surface area (Å²) < 4.78 is 4.74. The van der Waals surface area contributed by atoms with Crippen LogP contribution in [0.25, 0.3) is 0 Å². The molecule has 0 bridgehead atoms. The summed E-state index contributed by atoms with van der Waals surface area (Å²) in [6.07, 6.45) is 2.83. The Bertz CT molecular complexity index is 489. The lowest BCUT2D eigenvalue weighted by atomic mass is 10.3. The summed E-state index contributed by atoms with van der Waals surface area (Å²) in [6.45, 7) is 3.68. The number of hydrogen-bond donors (Lipinski definition) is 0. The minimum Gasteiger partial charge on any atom is -0.463 e. The molecule has 0 spiro atoms. The zero-order valence-electron chi connectivity index (χ0n) is 10.8. The molecule has 0 saturated heterocycles. The van der Waals surface area contributed by atoms with Gasteiger partial charge in [-0.3, -0.25) is 9.69 Å². The molecule has 1 rings (SSSR count). The fourth-order valence-corrected chi connectivity index (χ4v) is 1.54. The lowest BCUT2D eigenvalue weighted by Gasteiger charge is -2.18. The van der Waals surface area contributed by atoms with Gasteiger partial charge in [0.1, 0.15) is 11.0 Å². The Labute approximate surface area is 116 Å². The van der Waals surface area contributed by atoms with Crippen molar-refractivity contribution in [2.75, 3.05) is 18.1 Å². The predicted molar refractivity (Wildman–Crippen MR) is 73.0 cm³/mol. The Morgan fingerprint density at radius 3 is 2.79 bits per heavy atom. The second kappa shape index (κ2) is 7.53. The fraction of sp³-hybridized carbons (Fsp3) is 0.308. The number of carbonyl (C=O) groups excluding carboxylic acids is 2. The number of halogens is 1. The zero-order valence-corrected chi connectivity index (χ0v) is 11.6. The Morgan fingerprint density at radius 2 is 2.21 bits per heavy atom. The highest BCUT2D eigenvalue weighted by Gasteiger charge is 2.11. The van der Waals surface area contributed by atoms with E-state index in [0.29, 0.717) is 17.6 Å². The van der Waals surface area contributed by atoms with E-state index >= 15 is 0 Å². The molecule has 0 atom stereocenters. The maximum absolute atomic E-state index is 11.5. The number of hydrogen-bond acceptors (Lipinski definition) is 4. The van der Waals surface area contributed by atoms with Gasteiger partial charge in [0.2, 0.25) is 5.91 Å². The summed E-state index contributed by atoms with van der Waals surface area (Å²) >= 11 is 5.78. The SMILES string of the molecule is CCOC(=O)/C=C/CN(C(C)=O)c1cccc(Cl)n1. The number of aromatic nitrogens is 1. The van der Waals surface area contributed by atoms with Gasteiger partial charge in [0.15, 0.2) is 0 Å². The van der Waals surface area contributed by atoms with Crippen LogP contribution in [-0.2, 0) is 14.3 Å². The summed E-state index contributed by atoms with van der Waals surface area (Å²) in [7, 11) is 0. The topological polar surface area (TPSA) is 59.5 Å². The minimum atomic E-state index is -0.440. The van der Waals surface area contributed by atoms with Crippen LogP contribution < -0.4 is 4.90 Å². The Morgan fingerprint density at radius 1 is 1.47 bits per heavy atom. The molecule has 0 aliphatic rings. The molecule has 0 aliphatic heterocycles. The summed E-state index contributed by atoms with van der Waals surface area (Å²) in [4.78, 5) is 28.1. The van der Waals surface area contributed by atoms with Crippen LogP contribution in [-0.4, -0.2) is 30.0 Å². The van der Waals surface area contributed by atoms with E-state index in [1.807, 2.05) is 0 Å². The van der Waals surface area contributed by atoms with E-state index in [9.17, 15) is 9.59 Å². The highest BCUT2D eigenvalue weighted by atomic mass is 35.5. The van der Waals surface area contributed by atoms with Gasteiger partial charge < -0.3 is 4.74 Å². The highest BCUT2D eigenvalue weighted by molar-refractivity contribution is 6.29. The summed E-state index contributed by atoms with van der Waals surface area (Å²) in [5.41, 5.74) is 0. The van der Waals surface area contributed by atoms with Gasteiger partial charge in [-0.2, -0.15) is 0 Å². The summed E-state index contributed by atoms with van der Waals surface area (Å²) in [5.74, 6) is -0.193. The zero-order chi connectivity index (χ0) is 14.3. The molecule has 1 heterocycles. The van der Waals surface area contributed by atoms with Crippen molar-refractivity contribution in [3.05, 3.63) is 35.5 Å². The van der Waals surface area contributed by atoms with E-state index in [0.717, 1.165) is 0 Å². The van der Waals surface area contributed by atoms with E-state index < -0.39 is 5.97 Å². The van der Waals surface area contributed by atoms with E-state index in [1.165, 1.54) is 17.9 Å². The van der Waals surface area contributed by atoms with Crippen LogP contribution >= 0.6 is 11.6 Å². The first-order valence-corrected chi connectivity index (χ1v) is 6.16. The van der Waals surface area contributed by atoms with Crippen molar-refractivity contribution in [2.45, 2.75) is 13.8 Å². The van der Waals surface area contributed by atoms with Crippen LogP contribution in [0.2, 0.25) is 5.15 Å². The van der Waals surface area contributed by atoms with Gasteiger partial charge in [-0.15, -0.1) is 0 Å². The number of ether oxygens (including phenoxy) is 1. The van der Waals surface area contributed by atoms with Crippen molar-refractivity contribution in [2.24, 2.45) is 0 Å². The van der Waals surface area contributed by atoms with E-state index in [-0.39, 0.29) is 12.5 Å². The van der Waals surface area contributed by atoms with Gasteiger partial charge in [-0.25, -0.2) is 9.78 Å². The van der Waals surface area contributed by atoms with Crippen LogP contribution in [0, 0.1) is 0 Å². The number of anilines is 1. The molecule has 0 aliphatic carbocycles. The van der Waals surface area contributed by atoms with Gasteiger partial charge in [0.05, 0.1) is 6.61 Å². The second-order valence-corrected chi connectivity index (χ2v) is 3.99. The van der Waals surface area contributed by atoms with Gasteiger partial charge in [0.25, 0.3) is 0 Å². The lowest BCUT2D eigenvalue weighted by molar-refractivity contribution is -0.137. The third kappa shape index (κ3) is 5.09. The normalized spacial score (nSPS) is 10.5. The molecule has 0 unspecified atom stereocenters. The van der Waals surface area contributed by atoms with Crippen LogP contribution in [0.15, 0.2) is 30.4 Å². The molecule has 5 nitrogen and oxygen atoms in total. The average Bonchev–Trinajstić information content (AvgIpc) is 2.34. The molecule has 1 amide bonds. The molecular formula is C13H15ClN2O3. The van der Waals surface area contributed by atoms with Crippen molar-refractivity contribution in [1.29, 1.82) is 0 Å². The Balaban J connectivity index is 2.74. The molecule has 6 heteroatoms. The monoisotopic (exact) mass is 282 g/mol. The molecule has 0 aromatic carbocycles. The molecule has 1 aromatic rings. The highest BCUT2D eigenvalue weighted by Crippen LogP contribution is 2.14. The minimum absolute atomic E-state index is 0.191. The van der Waals surface area contributed by atoms with E-state index in [1.54, 1.807) is 31.2 Å². The quantitative estimate of drug-likeness (QED) is 0.472. The standard InChI is InChI=1S/C13H15ClN2O3/c1-3-19-13(18)8-5-9-16(10(2)17)12-7-4-6-11(14)15-12/h4-8H,3,9H2,1-2H3/b8-5+. The first kappa shape index (κ1) is 15.2. The average molecular weight is 283 g/mol. The summed E-state index contributed by atoms with van der Waals surface area (Å²) in [6, 6.07) is 5.00. The first-order valence-electron chi connectivity index (χ1n) is 5.78. The molecule has 19 heavy (non-hydrogen) atoms. The molecule has 0 N–H and O–H groups in total. The molecule has 0 radical (unpaired) electrons. The smallest absolute Gasteiger partial charge is 0.330 e. The first-order chi connectivity index (χ1) is 9.04. The molecule has 1 aromatic heterocycles. The molecule has 0 fully saturated rings. The Kier molecular flexibility index (Phi) is 6.02. The van der Waals surface area contributed by atoms with Crippen molar-refractivity contribution < 1.29 is 14.3 Å². The largest absolute Gasteiger partial charge is 0.463 e. The van der Waals surface area contributed by atoms with Crippen molar-refractivity contribution >= 4 is 29.3 Å².